The number of rotatable bonds is 6. The van der Waals surface area contributed by atoms with Gasteiger partial charge in [0.1, 0.15) is 5.82 Å². The third-order valence-electron chi connectivity index (χ3n) is 3.29. The molecule has 0 heterocycles. The second-order valence-electron chi connectivity index (χ2n) is 5.21. The van der Waals surface area contributed by atoms with Gasteiger partial charge in [-0.1, -0.05) is 23.7 Å². The number of thioether (sulfide) groups is 1. The molecule has 0 amide bonds. The van der Waals surface area contributed by atoms with Crippen LogP contribution in [0.25, 0.3) is 0 Å². The summed E-state index contributed by atoms with van der Waals surface area (Å²) < 4.78 is 51.6. The molecular formula is C17H15ClF4N2S2. The highest BCUT2D eigenvalue weighted by Crippen LogP contribution is 2.30. The third kappa shape index (κ3) is 6.34. The first-order chi connectivity index (χ1) is 12.3. The molecule has 0 saturated carbocycles. The lowest BCUT2D eigenvalue weighted by atomic mass is 10.2. The van der Waals surface area contributed by atoms with Crippen LogP contribution in [0.2, 0.25) is 5.02 Å². The van der Waals surface area contributed by atoms with Crippen molar-refractivity contribution >= 4 is 46.4 Å². The zero-order valence-electron chi connectivity index (χ0n) is 13.4. The smallest absolute Gasteiger partial charge is 0.362 e. The number of halogens is 5. The summed E-state index contributed by atoms with van der Waals surface area (Å²) in [6.07, 6.45) is -4.41. The van der Waals surface area contributed by atoms with Gasteiger partial charge in [-0.2, -0.15) is 24.9 Å². The first-order valence-electron chi connectivity index (χ1n) is 7.50. The van der Waals surface area contributed by atoms with E-state index in [-0.39, 0.29) is 16.6 Å². The van der Waals surface area contributed by atoms with Crippen molar-refractivity contribution in [2.24, 2.45) is 0 Å². The molecule has 26 heavy (non-hydrogen) atoms. The zero-order chi connectivity index (χ0) is 19.2. The maximum Gasteiger partial charge on any atom is 0.416 e. The van der Waals surface area contributed by atoms with Crippen molar-refractivity contribution in [1.82, 2.24) is 5.32 Å². The molecule has 0 bridgehead atoms. The Hall–Kier alpha value is -1.51. The van der Waals surface area contributed by atoms with Crippen molar-refractivity contribution in [2.45, 2.75) is 11.9 Å². The van der Waals surface area contributed by atoms with Crippen LogP contribution < -0.4 is 10.6 Å². The Balaban J connectivity index is 1.74. The molecule has 0 aliphatic carbocycles. The Kier molecular flexibility index (Phi) is 7.55. The highest BCUT2D eigenvalue weighted by atomic mass is 35.5. The van der Waals surface area contributed by atoms with Crippen molar-refractivity contribution in [3.8, 4) is 0 Å². The van der Waals surface area contributed by atoms with Crippen molar-refractivity contribution in [1.29, 1.82) is 0 Å². The summed E-state index contributed by atoms with van der Waals surface area (Å²) in [4.78, 5) is 0. The SMILES string of the molecule is Fc1cccc(Cl)c1CSCCNC(=S)Nc1cccc(C(F)(F)F)c1. The van der Waals surface area contributed by atoms with E-state index in [1.165, 1.54) is 30.0 Å². The largest absolute Gasteiger partial charge is 0.416 e. The van der Waals surface area contributed by atoms with Gasteiger partial charge in [0, 0.05) is 34.3 Å². The van der Waals surface area contributed by atoms with Gasteiger partial charge in [0.05, 0.1) is 5.56 Å². The van der Waals surface area contributed by atoms with Crippen LogP contribution in [0.1, 0.15) is 11.1 Å². The molecule has 0 unspecified atom stereocenters. The molecule has 2 aromatic rings. The molecular weight excluding hydrogens is 408 g/mol. The average molecular weight is 423 g/mol. The minimum atomic E-state index is -4.41. The number of alkyl halides is 3. The number of thiocarbonyl (C=S) groups is 1. The molecule has 0 aromatic heterocycles. The summed E-state index contributed by atoms with van der Waals surface area (Å²) >= 11 is 12.5. The van der Waals surface area contributed by atoms with Gasteiger partial charge in [0.15, 0.2) is 5.11 Å². The second kappa shape index (κ2) is 9.43. The van der Waals surface area contributed by atoms with Crippen LogP contribution in [0, 0.1) is 5.82 Å². The van der Waals surface area contributed by atoms with Crippen LogP contribution in [-0.2, 0) is 11.9 Å². The number of benzene rings is 2. The topological polar surface area (TPSA) is 24.1 Å². The Morgan fingerprint density at radius 2 is 1.88 bits per heavy atom. The minimum absolute atomic E-state index is 0.217. The first-order valence-corrected chi connectivity index (χ1v) is 9.44. The summed E-state index contributed by atoms with van der Waals surface area (Å²) in [6.45, 7) is 0.474. The number of hydrogen-bond donors (Lipinski definition) is 2. The maximum atomic E-state index is 13.6. The summed E-state index contributed by atoms with van der Waals surface area (Å²) in [5, 5.41) is 6.21. The summed E-state index contributed by atoms with van der Waals surface area (Å²) in [7, 11) is 0. The van der Waals surface area contributed by atoms with Crippen molar-refractivity contribution < 1.29 is 17.6 Å². The molecule has 2 aromatic carbocycles. The lowest BCUT2D eigenvalue weighted by molar-refractivity contribution is -0.137. The molecule has 9 heteroatoms. The third-order valence-corrected chi connectivity index (χ3v) is 4.87. The molecule has 0 aliphatic rings. The molecule has 2 rings (SSSR count). The Morgan fingerprint density at radius 3 is 2.58 bits per heavy atom. The first kappa shape index (κ1) is 20.8. The molecule has 2 N–H and O–H groups in total. The van der Waals surface area contributed by atoms with Gasteiger partial charge < -0.3 is 10.6 Å². The zero-order valence-corrected chi connectivity index (χ0v) is 15.8. The van der Waals surface area contributed by atoms with Crippen LogP contribution in [-0.4, -0.2) is 17.4 Å². The Labute approximate surface area is 163 Å². The van der Waals surface area contributed by atoms with Crippen molar-refractivity contribution in [2.75, 3.05) is 17.6 Å². The van der Waals surface area contributed by atoms with E-state index in [1.54, 1.807) is 12.1 Å². The van der Waals surface area contributed by atoms with Crippen LogP contribution in [0.4, 0.5) is 23.2 Å². The van der Waals surface area contributed by atoms with Gasteiger partial charge in [-0.05, 0) is 42.5 Å². The fourth-order valence-electron chi connectivity index (χ4n) is 2.03. The van der Waals surface area contributed by atoms with Crippen molar-refractivity contribution in [3.05, 3.63) is 64.4 Å². The van der Waals surface area contributed by atoms with E-state index in [1.807, 2.05) is 0 Å². The average Bonchev–Trinajstić information content (AvgIpc) is 2.56. The van der Waals surface area contributed by atoms with Gasteiger partial charge in [0.2, 0.25) is 0 Å². The molecule has 0 fully saturated rings. The van der Waals surface area contributed by atoms with E-state index in [4.69, 9.17) is 23.8 Å². The number of nitrogens with one attached hydrogen (secondary N) is 2. The molecule has 2 nitrogen and oxygen atoms in total. The highest BCUT2D eigenvalue weighted by Gasteiger charge is 2.30. The minimum Gasteiger partial charge on any atom is -0.362 e. The van der Waals surface area contributed by atoms with E-state index in [0.29, 0.717) is 28.6 Å². The molecule has 0 aliphatic heterocycles. The van der Waals surface area contributed by atoms with Gasteiger partial charge in [0.25, 0.3) is 0 Å². The monoisotopic (exact) mass is 422 g/mol. The normalized spacial score (nSPS) is 11.3. The predicted molar refractivity (Wildman–Crippen MR) is 103 cm³/mol. The molecule has 0 atom stereocenters. The lowest BCUT2D eigenvalue weighted by Gasteiger charge is -2.12. The summed E-state index contributed by atoms with van der Waals surface area (Å²) in [6, 6.07) is 9.32. The lowest BCUT2D eigenvalue weighted by Crippen LogP contribution is -2.30. The van der Waals surface area contributed by atoms with E-state index in [9.17, 15) is 17.6 Å². The maximum absolute atomic E-state index is 13.6. The van der Waals surface area contributed by atoms with E-state index in [2.05, 4.69) is 10.6 Å². The van der Waals surface area contributed by atoms with Gasteiger partial charge in [-0.15, -0.1) is 0 Å². The van der Waals surface area contributed by atoms with Crippen LogP contribution in [0.5, 0.6) is 0 Å². The fourth-order valence-corrected chi connectivity index (χ4v) is 3.45. The van der Waals surface area contributed by atoms with E-state index in [0.717, 1.165) is 12.1 Å². The molecule has 0 radical (unpaired) electrons. The fraction of sp³-hybridized carbons (Fsp3) is 0.235. The van der Waals surface area contributed by atoms with Crippen molar-refractivity contribution in [3.63, 3.8) is 0 Å². The summed E-state index contributed by atoms with van der Waals surface area (Å²) in [5.74, 6) is 0.690. The van der Waals surface area contributed by atoms with E-state index < -0.39 is 11.7 Å². The molecule has 0 spiro atoms. The van der Waals surface area contributed by atoms with Gasteiger partial charge in [-0.3, -0.25) is 0 Å². The van der Waals surface area contributed by atoms with Gasteiger partial charge >= 0.3 is 6.18 Å². The summed E-state index contributed by atoms with van der Waals surface area (Å²) in [5.41, 5.74) is -0.0467. The predicted octanol–water partition coefficient (Wildman–Crippen LogP) is 5.72. The molecule has 0 saturated heterocycles. The highest BCUT2D eigenvalue weighted by molar-refractivity contribution is 7.98. The Morgan fingerprint density at radius 1 is 1.15 bits per heavy atom. The number of hydrogen-bond acceptors (Lipinski definition) is 2. The van der Waals surface area contributed by atoms with Crippen LogP contribution in [0.15, 0.2) is 42.5 Å². The standard InChI is InChI=1S/C17H15ClF4N2S2/c18-14-5-2-6-15(19)13(14)10-26-8-7-23-16(25)24-12-4-1-3-11(9-12)17(20,21)22/h1-6,9H,7-8,10H2,(H2,23,24,25). The second-order valence-corrected chi connectivity index (χ2v) is 7.13. The van der Waals surface area contributed by atoms with E-state index >= 15 is 0 Å². The van der Waals surface area contributed by atoms with Crippen LogP contribution >= 0.6 is 35.6 Å². The quantitative estimate of drug-likeness (QED) is 0.353. The number of anilines is 1. The molecule has 140 valence electrons. The Bertz CT molecular complexity index is 748. The van der Waals surface area contributed by atoms with Crippen LogP contribution in [0.3, 0.4) is 0 Å². The van der Waals surface area contributed by atoms with Gasteiger partial charge in [-0.25, -0.2) is 4.39 Å².